The number of carbonyl (C=O) groups excluding carboxylic acids is 1. The summed E-state index contributed by atoms with van der Waals surface area (Å²) in [7, 11) is 1.73. The van der Waals surface area contributed by atoms with E-state index in [0.29, 0.717) is 11.4 Å². The molecule has 2 heterocycles. The van der Waals surface area contributed by atoms with E-state index in [2.05, 4.69) is 10.1 Å². The SMILES string of the molecule is CCOC(=O)N1C=Nc2c(cnn2C)C1C#N. The zero-order valence-corrected chi connectivity index (χ0v) is 9.49. The van der Waals surface area contributed by atoms with Gasteiger partial charge in [-0.25, -0.2) is 14.7 Å². The van der Waals surface area contributed by atoms with Gasteiger partial charge in [0.05, 0.1) is 24.4 Å². The summed E-state index contributed by atoms with van der Waals surface area (Å²) in [6.07, 6.45) is 2.25. The third-order valence-corrected chi connectivity index (χ3v) is 2.41. The van der Waals surface area contributed by atoms with Crippen LogP contribution in [0, 0.1) is 11.3 Å². The topological polar surface area (TPSA) is 83.5 Å². The average Bonchev–Trinajstić information content (AvgIpc) is 2.70. The minimum absolute atomic E-state index is 0.251. The van der Waals surface area contributed by atoms with E-state index < -0.39 is 12.1 Å². The Morgan fingerprint density at radius 1 is 1.71 bits per heavy atom. The quantitative estimate of drug-likeness (QED) is 0.727. The Morgan fingerprint density at radius 3 is 3.12 bits per heavy atom. The number of carbonyl (C=O) groups is 1. The van der Waals surface area contributed by atoms with Crippen molar-refractivity contribution in [3.63, 3.8) is 0 Å². The van der Waals surface area contributed by atoms with E-state index in [-0.39, 0.29) is 6.61 Å². The molecule has 1 unspecified atom stereocenters. The Bertz CT molecular complexity index is 513. The molecule has 1 amide bonds. The number of hydrogen-bond acceptors (Lipinski definition) is 5. The highest BCUT2D eigenvalue weighted by Crippen LogP contribution is 2.32. The third-order valence-electron chi connectivity index (χ3n) is 2.41. The lowest BCUT2D eigenvalue weighted by Gasteiger charge is -2.24. The van der Waals surface area contributed by atoms with Crippen molar-refractivity contribution in [3.8, 4) is 6.07 Å². The van der Waals surface area contributed by atoms with Crippen LogP contribution in [0.4, 0.5) is 10.6 Å². The van der Waals surface area contributed by atoms with Crippen molar-refractivity contribution in [2.45, 2.75) is 13.0 Å². The molecule has 0 aliphatic carbocycles. The average molecular weight is 233 g/mol. The summed E-state index contributed by atoms with van der Waals surface area (Å²) >= 11 is 0. The summed E-state index contributed by atoms with van der Waals surface area (Å²) in [6.45, 7) is 1.96. The molecule has 1 atom stereocenters. The molecule has 1 aliphatic heterocycles. The predicted octanol–water partition coefficient (Wildman–Crippen LogP) is 1.12. The first-order valence-corrected chi connectivity index (χ1v) is 5.09. The van der Waals surface area contributed by atoms with Gasteiger partial charge in [-0.05, 0) is 6.92 Å². The molecule has 1 aromatic heterocycles. The normalized spacial score (nSPS) is 17.5. The van der Waals surface area contributed by atoms with E-state index in [4.69, 9.17) is 10.00 Å². The Balaban J connectivity index is 2.36. The Hall–Kier alpha value is -2.36. The second-order valence-corrected chi connectivity index (χ2v) is 3.43. The van der Waals surface area contributed by atoms with Gasteiger partial charge in [0, 0.05) is 7.05 Å². The molecule has 0 fully saturated rings. The number of nitrogens with zero attached hydrogens (tertiary/aromatic N) is 5. The number of hydrogen-bond donors (Lipinski definition) is 0. The Morgan fingerprint density at radius 2 is 2.47 bits per heavy atom. The largest absolute Gasteiger partial charge is 0.449 e. The molecule has 0 spiro atoms. The molecule has 1 aromatic rings. The highest BCUT2D eigenvalue weighted by atomic mass is 16.6. The van der Waals surface area contributed by atoms with Crippen LogP contribution in [0.5, 0.6) is 0 Å². The second kappa shape index (κ2) is 4.25. The van der Waals surface area contributed by atoms with Gasteiger partial charge in [-0.3, -0.25) is 4.68 Å². The monoisotopic (exact) mass is 233 g/mol. The minimum atomic E-state index is -0.741. The first-order chi connectivity index (χ1) is 8.19. The number of aryl methyl sites for hydroxylation is 1. The van der Waals surface area contributed by atoms with Crippen LogP contribution in [0.3, 0.4) is 0 Å². The lowest BCUT2D eigenvalue weighted by Crippen LogP contribution is -2.35. The van der Waals surface area contributed by atoms with Crippen LogP contribution in [-0.4, -0.2) is 33.7 Å². The number of aromatic nitrogens is 2. The summed E-state index contributed by atoms with van der Waals surface area (Å²) in [6, 6.07) is 1.30. The number of ether oxygens (including phenoxy) is 1. The lowest BCUT2D eigenvalue weighted by molar-refractivity contribution is 0.123. The minimum Gasteiger partial charge on any atom is -0.449 e. The van der Waals surface area contributed by atoms with Gasteiger partial charge in [-0.1, -0.05) is 0 Å². The standard InChI is InChI=1S/C10H11N5O2/c1-3-17-10(16)15-6-12-9-7(8(15)4-11)5-13-14(9)2/h5-6,8H,3H2,1-2H3. The van der Waals surface area contributed by atoms with Crippen molar-refractivity contribution >= 4 is 18.2 Å². The van der Waals surface area contributed by atoms with Gasteiger partial charge in [-0.15, -0.1) is 0 Å². The second-order valence-electron chi connectivity index (χ2n) is 3.43. The molecule has 0 bridgehead atoms. The van der Waals surface area contributed by atoms with Crippen molar-refractivity contribution in [1.82, 2.24) is 14.7 Å². The van der Waals surface area contributed by atoms with E-state index in [9.17, 15) is 4.79 Å². The van der Waals surface area contributed by atoms with Gasteiger partial charge < -0.3 is 4.74 Å². The van der Waals surface area contributed by atoms with Crippen LogP contribution < -0.4 is 0 Å². The highest BCUT2D eigenvalue weighted by Gasteiger charge is 2.32. The molecule has 7 heteroatoms. The fourth-order valence-electron chi connectivity index (χ4n) is 1.61. The van der Waals surface area contributed by atoms with E-state index >= 15 is 0 Å². The van der Waals surface area contributed by atoms with Crippen molar-refractivity contribution in [2.75, 3.05) is 6.61 Å². The maximum atomic E-state index is 11.6. The maximum Gasteiger partial charge on any atom is 0.416 e. The van der Waals surface area contributed by atoms with Gasteiger partial charge in [0.15, 0.2) is 11.9 Å². The summed E-state index contributed by atoms with van der Waals surface area (Å²) in [5, 5.41) is 13.1. The van der Waals surface area contributed by atoms with E-state index in [1.54, 1.807) is 18.7 Å². The molecule has 17 heavy (non-hydrogen) atoms. The molecule has 0 saturated carbocycles. The number of amides is 1. The molecular weight excluding hydrogens is 222 g/mol. The molecule has 7 nitrogen and oxygen atoms in total. The van der Waals surface area contributed by atoms with Crippen LogP contribution in [0.25, 0.3) is 0 Å². The highest BCUT2D eigenvalue weighted by molar-refractivity contribution is 5.86. The summed E-state index contributed by atoms with van der Waals surface area (Å²) in [4.78, 5) is 16.9. The molecule has 2 rings (SSSR count). The molecule has 88 valence electrons. The summed E-state index contributed by atoms with van der Waals surface area (Å²) < 4.78 is 6.41. The van der Waals surface area contributed by atoms with Gasteiger partial charge in [0.2, 0.25) is 0 Å². The van der Waals surface area contributed by atoms with Gasteiger partial charge in [0.1, 0.15) is 6.34 Å². The molecule has 0 radical (unpaired) electrons. The van der Waals surface area contributed by atoms with E-state index in [1.165, 1.54) is 12.5 Å². The van der Waals surface area contributed by atoms with Crippen LogP contribution in [-0.2, 0) is 11.8 Å². The smallest absolute Gasteiger partial charge is 0.416 e. The first kappa shape index (κ1) is 11.1. The summed E-state index contributed by atoms with van der Waals surface area (Å²) in [5.74, 6) is 0.581. The zero-order chi connectivity index (χ0) is 12.4. The van der Waals surface area contributed by atoms with Crippen molar-refractivity contribution in [2.24, 2.45) is 12.0 Å². The van der Waals surface area contributed by atoms with Crippen molar-refractivity contribution in [1.29, 1.82) is 5.26 Å². The number of nitriles is 1. The maximum absolute atomic E-state index is 11.6. The molecule has 0 N–H and O–H groups in total. The molecule has 0 saturated heterocycles. The molecule has 1 aliphatic rings. The Kier molecular flexibility index (Phi) is 2.78. The van der Waals surface area contributed by atoms with Crippen molar-refractivity contribution in [3.05, 3.63) is 11.8 Å². The number of fused-ring (bicyclic) bond motifs is 1. The fraction of sp³-hybridized carbons (Fsp3) is 0.400. The number of rotatable bonds is 1. The van der Waals surface area contributed by atoms with E-state index in [1.807, 2.05) is 6.07 Å². The van der Waals surface area contributed by atoms with Crippen molar-refractivity contribution < 1.29 is 9.53 Å². The lowest BCUT2D eigenvalue weighted by atomic mass is 10.1. The molecule has 0 aromatic carbocycles. The van der Waals surface area contributed by atoms with E-state index in [0.717, 1.165) is 4.90 Å². The van der Waals surface area contributed by atoms with Crippen LogP contribution in [0.2, 0.25) is 0 Å². The molecular formula is C10H11N5O2. The third kappa shape index (κ3) is 1.73. The summed E-state index contributed by atoms with van der Waals surface area (Å²) in [5.41, 5.74) is 0.602. The van der Waals surface area contributed by atoms with Gasteiger partial charge in [-0.2, -0.15) is 10.4 Å². The van der Waals surface area contributed by atoms with Crippen LogP contribution >= 0.6 is 0 Å². The van der Waals surface area contributed by atoms with Gasteiger partial charge in [0.25, 0.3) is 0 Å². The first-order valence-electron chi connectivity index (χ1n) is 5.09. The zero-order valence-electron chi connectivity index (χ0n) is 9.49. The number of aliphatic imine (C=N–C) groups is 1. The van der Waals surface area contributed by atoms with Gasteiger partial charge >= 0.3 is 6.09 Å². The predicted molar refractivity (Wildman–Crippen MR) is 58.6 cm³/mol. The fourth-order valence-corrected chi connectivity index (χ4v) is 1.61. The van der Waals surface area contributed by atoms with Crippen LogP contribution in [0.15, 0.2) is 11.2 Å². The Labute approximate surface area is 97.9 Å². The van der Waals surface area contributed by atoms with Crippen LogP contribution in [0.1, 0.15) is 18.5 Å².